The second-order valence-electron chi connectivity index (χ2n) is 6.42. The lowest BCUT2D eigenvalue weighted by molar-refractivity contribution is -0.0832. The van der Waals surface area contributed by atoms with Crippen LogP contribution in [0.2, 0.25) is 0 Å². The van der Waals surface area contributed by atoms with E-state index in [0.717, 1.165) is 12.1 Å². The Hall–Kier alpha value is -2.24. The summed E-state index contributed by atoms with van der Waals surface area (Å²) in [6.45, 7) is 0. The summed E-state index contributed by atoms with van der Waals surface area (Å²) in [5.41, 5.74) is -0.658. The quantitative estimate of drug-likeness (QED) is 0.774. The van der Waals surface area contributed by atoms with Crippen molar-refractivity contribution >= 4 is 0 Å². The zero-order valence-electron chi connectivity index (χ0n) is 12.5. The molecule has 0 aromatic heterocycles. The lowest BCUT2D eigenvalue weighted by Crippen LogP contribution is -2.48. The highest BCUT2D eigenvalue weighted by molar-refractivity contribution is 5.54. The number of halogens is 4. The summed E-state index contributed by atoms with van der Waals surface area (Å²) in [6.07, 6.45) is -2.06. The minimum absolute atomic E-state index is 0.0667. The first-order valence-corrected chi connectivity index (χ1v) is 7.66. The Morgan fingerprint density at radius 3 is 2.58 bits per heavy atom. The molecule has 0 spiro atoms. The fourth-order valence-electron chi connectivity index (χ4n) is 3.96. The number of phenols is 1. The number of hydrogen-bond donors (Lipinski definition) is 1. The monoisotopic (exact) mass is 338 g/mol. The van der Waals surface area contributed by atoms with Gasteiger partial charge in [0.05, 0.1) is 5.41 Å². The number of fused-ring (bicyclic) bond motifs is 3. The van der Waals surface area contributed by atoms with Crippen molar-refractivity contribution in [1.82, 2.24) is 0 Å². The van der Waals surface area contributed by atoms with Gasteiger partial charge in [-0.2, -0.15) is 0 Å². The van der Waals surface area contributed by atoms with Crippen LogP contribution >= 0.6 is 0 Å². The van der Waals surface area contributed by atoms with Crippen LogP contribution in [-0.2, 0) is 5.41 Å². The van der Waals surface area contributed by atoms with E-state index in [-0.39, 0.29) is 17.7 Å². The summed E-state index contributed by atoms with van der Waals surface area (Å²) >= 11 is 0. The summed E-state index contributed by atoms with van der Waals surface area (Å²) in [7, 11) is 0. The largest absolute Gasteiger partial charge is 0.505 e. The van der Waals surface area contributed by atoms with Crippen molar-refractivity contribution < 1.29 is 27.4 Å². The maximum atomic E-state index is 14.6. The summed E-state index contributed by atoms with van der Waals surface area (Å²) in [6, 6.07) is 7.91. The molecule has 1 heterocycles. The molecule has 2 aliphatic rings. The average molecular weight is 338 g/mol. The van der Waals surface area contributed by atoms with E-state index in [1.54, 1.807) is 0 Å². The van der Waals surface area contributed by atoms with Crippen molar-refractivity contribution in [2.24, 2.45) is 0 Å². The van der Waals surface area contributed by atoms with E-state index in [1.165, 1.54) is 24.3 Å². The molecular formula is C18H14F4O2. The van der Waals surface area contributed by atoms with Crippen LogP contribution in [0, 0.1) is 11.6 Å². The molecule has 0 saturated heterocycles. The SMILES string of the molecule is Oc1ccc(C23CCC(F)(F)CC2Oc2cccc(F)c23)cc1F. The van der Waals surface area contributed by atoms with Crippen molar-refractivity contribution in [2.75, 3.05) is 0 Å². The average Bonchev–Trinajstić information content (AvgIpc) is 2.84. The molecule has 2 nitrogen and oxygen atoms in total. The summed E-state index contributed by atoms with van der Waals surface area (Å²) < 4.78 is 61.9. The molecule has 2 aromatic rings. The first kappa shape index (κ1) is 15.3. The van der Waals surface area contributed by atoms with Crippen molar-refractivity contribution in [3.8, 4) is 11.5 Å². The van der Waals surface area contributed by atoms with Crippen LogP contribution in [0.4, 0.5) is 17.6 Å². The summed E-state index contributed by atoms with van der Waals surface area (Å²) in [5, 5.41) is 9.41. The molecule has 1 aliphatic carbocycles. The maximum Gasteiger partial charge on any atom is 0.251 e. The predicted octanol–water partition coefficient (Wildman–Crippen LogP) is 4.54. The molecule has 2 aromatic carbocycles. The van der Waals surface area contributed by atoms with E-state index in [9.17, 15) is 22.7 Å². The van der Waals surface area contributed by atoms with Gasteiger partial charge in [-0.25, -0.2) is 17.6 Å². The van der Waals surface area contributed by atoms with Crippen molar-refractivity contribution in [3.05, 3.63) is 59.2 Å². The topological polar surface area (TPSA) is 29.5 Å². The number of ether oxygens (including phenoxy) is 1. The molecule has 2 unspecified atom stereocenters. The Labute approximate surface area is 135 Å². The third-order valence-corrected chi connectivity index (χ3v) is 5.07. The maximum absolute atomic E-state index is 14.6. The lowest BCUT2D eigenvalue weighted by Gasteiger charge is -2.41. The van der Waals surface area contributed by atoms with Crippen LogP contribution in [0.5, 0.6) is 11.5 Å². The van der Waals surface area contributed by atoms with Crippen LogP contribution in [-0.4, -0.2) is 17.1 Å². The Bertz CT molecular complexity index is 821. The normalized spacial score (nSPS) is 27.2. The minimum Gasteiger partial charge on any atom is -0.505 e. The second-order valence-corrected chi connectivity index (χ2v) is 6.42. The van der Waals surface area contributed by atoms with E-state index in [2.05, 4.69) is 0 Å². The van der Waals surface area contributed by atoms with Gasteiger partial charge in [0.2, 0.25) is 0 Å². The van der Waals surface area contributed by atoms with E-state index in [1.807, 2.05) is 0 Å². The van der Waals surface area contributed by atoms with Gasteiger partial charge in [-0.05, 0) is 36.2 Å². The zero-order chi connectivity index (χ0) is 17.1. The lowest BCUT2D eigenvalue weighted by atomic mass is 9.63. The highest BCUT2D eigenvalue weighted by atomic mass is 19.3. The van der Waals surface area contributed by atoms with E-state index in [4.69, 9.17) is 4.74 Å². The Morgan fingerprint density at radius 2 is 1.83 bits per heavy atom. The summed E-state index contributed by atoms with van der Waals surface area (Å²) in [5.74, 6) is -4.68. The number of rotatable bonds is 1. The molecule has 1 fully saturated rings. The van der Waals surface area contributed by atoms with Crippen molar-refractivity contribution in [2.45, 2.75) is 36.7 Å². The van der Waals surface area contributed by atoms with Crippen molar-refractivity contribution in [3.63, 3.8) is 0 Å². The van der Waals surface area contributed by atoms with Crippen LogP contribution in [0.1, 0.15) is 30.4 Å². The molecule has 126 valence electrons. The van der Waals surface area contributed by atoms with Crippen LogP contribution < -0.4 is 4.74 Å². The van der Waals surface area contributed by atoms with Gasteiger partial charge >= 0.3 is 0 Å². The van der Waals surface area contributed by atoms with Gasteiger partial charge in [-0.1, -0.05) is 12.1 Å². The number of hydrogen-bond acceptors (Lipinski definition) is 2. The Kier molecular flexibility index (Phi) is 3.11. The first-order chi connectivity index (χ1) is 11.3. The van der Waals surface area contributed by atoms with Crippen molar-refractivity contribution in [1.29, 1.82) is 0 Å². The van der Waals surface area contributed by atoms with Gasteiger partial charge < -0.3 is 9.84 Å². The van der Waals surface area contributed by atoms with Gasteiger partial charge in [-0.15, -0.1) is 0 Å². The molecule has 6 heteroatoms. The summed E-state index contributed by atoms with van der Waals surface area (Å²) in [4.78, 5) is 0. The third-order valence-electron chi connectivity index (χ3n) is 5.07. The highest BCUT2D eigenvalue weighted by Gasteiger charge is 2.58. The van der Waals surface area contributed by atoms with Gasteiger partial charge in [0.15, 0.2) is 11.6 Å². The van der Waals surface area contributed by atoms with E-state index in [0.29, 0.717) is 5.56 Å². The van der Waals surface area contributed by atoms with E-state index < -0.39 is 47.7 Å². The van der Waals surface area contributed by atoms with Gasteiger partial charge in [0.1, 0.15) is 17.7 Å². The molecule has 24 heavy (non-hydrogen) atoms. The molecule has 2 atom stereocenters. The van der Waals surface area contributed by atoms with Crippen LogP contribution in [0.3, 0.4) is 0 Å². The Morgan fingerprint density at radius 1 is 1.04 bits per heavy atom. The highest BCUT2D eigenvalue weighted by Crippen LogP contribution is 2.57. The molecule has 1 saturated carbocycles. The van der Waals surface area contributed by atoms with Gasteiger partial charge in [-0.3, -0.25) is 0 Å². The number of benzene rings is 2. The Balaban J connectivity index is 1.96. The van der Waals surface area contributed by atoms with E-state index >= 15 is 0 Å². The fourth-order valence-corrected chi connectivity index (χ4v) is 3.96. The fraction of sp³-hybridized carbons (Fsp3) is 0.333. The number of phenolic OH excluding ortho intramolecular Hbond substituents is 1. The molecule has 4 rings (SSSR count). The standard InChI is InChI=1S/C18H14F4O2/c19-11-2-1-3-14-16(11)18(10-4-5-13(23)12(20)8-10)7-6-17(21,22)9-15(18)24-14/h1-5,8,15,23H,6-7,9H2. The van der Waals surface area contributed by atoms with Gasteiger partial charge in [0.25, 0.3) is 5.92 Å². The molecule has 0 amide bonds. The van der Waals surface area contributed by atoms with Gasteiger partial charge in [0, 0.05) is 18.4 Å². The number of aromatic hydroxyl groups is 1. The molecular weight excluding hydrogens is 324 g/mol. The molecule has 0 radical (unpaired) electrons. The zero-order valence-corrected chi connectivity index (χ0v) is 12.5. The third kappa shape index (κ3) is 2.01. The second kappa shape index (κ2) is 4.88. The van der Waals surface area contributed by atoms with Crippen LogP contribution in [0.15, 0.2) is 36.4 Å². The smallest absolute Gasteiger partial charge is 0.251 e. The number of alkyl halides is 2. The minimum atomic E-state index is -2.91. The molecule has 0 bridgehead atoms. The first-order valence-electron chi connectivity index (χ1n) is 7.66. The molecule has 1 aliphatic heterocycles. The molecule has 1 N–H and O–H groups in total. The predicted molar refractivity (Wildman–Crippen MR) is 78.5 cm³/mol. The van der Waals surface area contributed by atoms with Crippen LogP contribution in [0.25, 0.3) is 0 Å².